The number of carbonyl (C=O) groups excluding carboxylic acids is 3. The molecule has 3 rings (SSSR count). The van der Waals surface area contributed by atoms with Crippen LogP contribution in [-0.4, -0.2) is 55.5 Å². The van der Waals surface area contributed by atoms with Crippen molar-refractivity contribution in [2.45, 2.75) is 6.04 Å². The Morgan fingerprint density at radius 2 is 1.73 bits per heavy atom. The summed E-state index contributed by atoms with van der Waals surface area (Å²) in [5.41, 5.74) is 0.642. The molecule has 0 radical (unpaired) electrons. The molecule has 1 N–H and O–H groups in total. The quantitative estimate of drug-likeness (QED) is 0.337. The van der Waals surface area contributed by atoms with E-state index in [1.165, 1.54) is 21.3 Å². The lowest BCUT2D eigenvalue weighted by atomic mass is 9.94. The fraction of sp³-hybridized carbons (Fsp3) is 0.227. The third-order valence-electron chi connectivity index (χ3n) is 4.85. The zero-order valence-corrected chi connectivity index (χ0v) is 16.7. The van der Waals surface area contributed by atoms with Crippen molar-refractivity contribution in [2.75, 3.05) is 27.9 Å². The number of benzene rings is 2. The molecular formula is C22H21NO7. The number of esters is 1. The summed E-state index contributed by atoms with van der Waals surface area (Å²) >= 11 is 0. The van der Waals surface area contributed by atoms with Crippen molar-refractivity contribution in [3.8, 4) is 11.5 Å². The van der Waals surface area contributed by atoms with E-state index in [4.69, 9.17) is 9.47 Å². The monoisotopic (exact) mass is 411 g/mol. The summed E-state index contributed by atoms with van der Waals surface area (Å²) in [6.45, 7) is -0.466. The molecule has 8 nitrogen and oxygen atoms in total. The van der Waals surface area contributed by atoms with E-state index in [0.717, 1.165) is 4.90 Å². The van der Waals surface area contributed by atoms with Crippen LogP contribution in [0, 0.1) is 0 Å². The first-order chi connectivity index (χ1) is 14.4. The van der Waals surface area contributed by atoms with Crippen molar-refractivity contribution in [3.63, 3.8) is 0 Å². The van der Waals surface area contributed by atoms with Crippen LogP contribution in [-0.2, 0) is 19.1 Å². The molecule has 156 valence electrons. The van der Waals surface area contributed by atoms with Gasteiger partial charge in [0, 0.05) is 17.2 Å². The van der Waals surface area contributed by atoms with Crippen LogP contribution < -0.4 is 9.47 Å². The van der Waals surface area contributed by atoms with Gasteiger partial charge in [-0.25, -0.2) is 0 Å². The first-order valence-corrected chi connectivity index (χ1v) is 9.05. The molecule has 1 aliphatic rings. The highest BCUT2D eigenvalue weighted by atomic mass is 16.5. The van der Waals surface area contributed by atoms with E-state index in [9.17, 15) is 19.5 Å². The SMILES string of the molecule is COC(=O)CN1C(=O)C(=O)/C(=C(\O)c2ccccc2)C1c1ccc(OC)cc1OC. The highest BCUT2D eigenvalue weighted by molar-refractivity contribution is 6.47. The predicted octanol–water partition coefficient (Wildman–Crippen LogP) is 2.30. The summed E-state index contributed by atoms with van der Waals surface area (Å²) in [7, 11) is 4.11. The Balaban J connectivity index is 2.24. The van der Waals surface area contributed by atoms with Crippen molar-refractivity contribution in [2.24, 2.45) is 0 Å². The van der Waals surface area contributed by atoms with Crippen LogP contribution in [0.2, 0.25) is 0 Å². The molecule has 1 aliphatic heterocycles. The number of carbonyl (C=O) groups is 3. The lowest BCUT2D eigenvalue weighted by Crippen LogP contribution is -2.35. The van der Waals surface area contributed by atoms with Crippen LogP contribution in [0.15, 0.2) is 54.1 Å². The fourth-order valence-electron chi connectivity index (χ4n) is 3.37. The topological polar surface area (TPSA) is 102 Å². The minimum atomic E-state index is -1.05. The molecule has 0 spiro atoms. The lowest BCUT2D eigenvalue weighted by molar-refractivity contribution is -0.148. The van der Waals surface area contributed by atoms with E-state index in [0.29, 0.717) is 22.6 Å². The summed E-state index contributed by atoms with van der Waals surface area (Å²) in [6.07, 6.45) is 0. The van der Waals surface area contributed by atoms with Gasteiger partial charge in [0.1, 0.15) is 23.8 Å². The maximum Gasteiger partial charge on any atom is 0.325 e. The van der Waals surface area contributed by atoms with Crippen molar-refractivity contribution in [1.29, 1.82) is 0 Å². The van der Waals surface area contributed by atoms with Crippen molar-refractivity contribution >= 4 is 23.4 Å². The molecule has 1 unspecified atom stereocenters. The molecule has 1 fully saturated rings. The standard InChI is InChI=1S/C22H21NO7/c1-28-14-9-10-15(16(11-14)29-2)19-18(20(25)13-7-5-4-6-8-13)21(26)22(27)23(19)12-17(24)30-3/h4-11,19,25H,12H2,1-3H3/b20-18-. The van der Waals surface area contributed by atoms with E-state index in [2.05, 4.69) is 4.74 Å². The highest BCUT2D eigenvalue weighted by Gasteiger charge is 2.48. The first-order valence-electron chi connectivity index (χ1n) is 9.05. The maximum atomic E-state index is 12.9. The molecule has 1 saturated heterocycles. The first kappa shape index (κ1) is 20.9. The number of ether oxygens (including phenoxy) is 3. The number of aliphatic hydroxyl groups excluding tert-OH is 1. The Kier molecular flexibility index (Phi) is 6.06. The van der Waals surface area contributed by atoms with Gasteiger partial charge in [-0.3, -0.25) is 14.4 Å². The Hall–Kier alpha value is -3.81. The van der Waals surface area contributed by atoms with E-state index >= 15 is 0 Å². The Labute approximate surface area is 173 Å². The number of Topliss-reactive ketones (excluding diaryl/α,β-unsaturated/α-hetero) is 1. The number of hydrogen-bond donors (Lipinski definition) is 1. The number of nitrogens with zero attached hydrogens (tertiary/aromatic N) is 1. The Bertz CT molecular complexity index is 1010. The Morgan fingerprint density at radius 3 is 2.33 bits per heavy atom. The van der Waals surface area contributed by atoms with Crippen LogP contribution in [0.3, 0.4) is 0 Å². The number of likely N-dealkylation sites (tertiary alicyclic amines) is 1. The molecule has 1 atom stereocenters. The van der Waals surface area contributed by atoms with Crippen LogP contribution in [0.1, 0.15) is 17.2 Å². The number of amides is 1. The molecule has 30 heavy (non-hydrogen) atoms. The number of ketones is 1. The van der Waals surface area contributed by atoms with Crippen LogP contribution in [0.25, 0.3) is 5.76 Å². The zero-order valence-electron chi connectivity index (χ0n) is 16.7. The van der Waals surface area contributed by atoms with Gasteiger partial charge in [-0.2, -0.15) is 0 Å². The molecule has 0 saturated carbocycles. The van der Waals surface area contributed by atoms with E-state index in [1.54, 1.807) is 48.5 Å². The molecule has 0 aromatic heterocycles. The van der Waals surface area contributed by atoms with Gasteiger partial charge in [0.15, 0.2) is 0 Å². The summed E-state index contributed by atoms with van der Waals surface area (Å²) in [5, 5.41) is 10.9. The van der Waals surface area contributed by atoms with Gasteiger partial charge < -0.3 is 24.2 Å². The third kappa shape index (κ3) is 3.71. The summed E-state index contributed by atoms with van der Waals surface area (Å²) in [4.78, 5) is 38.7. The van der Waals surface area contributed by atoms with Crippen molar-refractivity contribution < 1.29 is 33.7 Å². The average molecular weight is 411 g/mol. The Morgan fingerprint density at radius 1 is 1.03 bits per heavy atom. The van der Waals surface area contributed by atoms with Crippen LogP contribution in [0.5, 0.6) is 11.5 Å². The minimum Gasteiger partial charge on any atom is -0.507 e. The highest BCUT2D eigenvalue weighted by Crippen LogP contribution is 2.43. The normalized spacial score (nSPS) is 17.7. The third-order valence-corrected chi connectivity index (χ3v) is 4.85. The summed E-state index contributed by atoms with van der Waals surface area (Å²) in [5.74, 6) is -2.03. The molecule has 8 heteroatoms. The van der Waals surface area contributed by atoms with E-state index in [1.807, 2.05) is 0 Å². The van der Waals surface area contributed by atoms with Crippen molar-refractivity contribution in [1.82, 2.24) is 4.90 Å². The van der Waals surface area contributed by atoms with Crippen LogP contribution >= 0.6 is 0 Å². The summed E-state index contributed by atoms with van der Waals surface area (Å²) in [6, 6.07) is 12.2. The molecule has 1 heterocycles. The predicted molar refractivity (Wildman–Crippen MR) is 107 cm³/mol. The van der Waals surface area contributed by atoms with Gasteiger partial charge in [-0.1, -0.05) is 30.3 Å². The molecule has 2 aromatic carbocycles. The largest absolute Gasteiger partial charge is 0.507 e. The van der Waals surface area contributed by atoms with Gasteiger partial charge in [-0.15, -0.1) is 0 Å². The summed E-state index contributed by atoms with van der Waals surface area (Å²) < 4.78 is 15.3. The molecule has 1 amide bonds. The van der Waals surface area contributed by atoms with Crippen molar-refractivity contribution in [3.05, 3.63) is 65.2 Å². The van der Waals surface area contributed by atoms with Gasteiger partial charge in [0.2, 0.25) is 0 Å². The number of hydrogen-bond acceptors (Lipinski definition) is 7. The number of aliphatic hydroxyl groups is 1. The second-order valence-corrected chi connectivity index (χ2v) is 6.48. The zero-order chi connectivity index (χ0) is 21.8. The number of rotatable bonds is 6. The fourth-order valence-corrected chi connectivity index (χ4v) is 3.37. The second kappa shape index (κ2) is 8.69. The van der Waals surface area contributed by atoms with Gasteiger partial charge in [0.05, 0.1) is 32.9 Å². The molecule has 2 aromatic rings. The van der Waals surface area contributed by atoms with Gasteiger partial charge in [-0.05, 0) is 12.1 Å². The average Bonchev–Trinajstić information content (AvgIpc) is 3.03. The second-order valence-electron chi connectivity index (χ2n) is 6.48. The van der Waals surface area contributed by atoms with E-state index in [-0.39, 0.29) is 11.3 Å². The minimum absolute atomic E-state index is 0.140. The molecule has 0 aliphatic carbocycles. The van der Waals surface area contributed by atoms with Gasteiger partial charge in [0.25, 0.3) is 11.7 Å². The van der Waals surface area contributed by atoms with E-state index < -0.39 is 30.2 Å². The molecule has 0 bridgehead atoms. The number of methoxy groups -OCH3 is 3. The smallest absolute Gasteiger partial charge is 0.325 e. The lowest BCUT2D eigenvalue weighted by Gasteiger charge is -2.25. The van der Waals surface area contributed by atoms with Crippen LogP contribution in [0.4, 0.5) is 0 Å². The molecular weight excluding hydrogens is 390 g/mol. The van der Waals surface area contributed by atoms with Gasteiger partial charge >= 0.3 is 5.97 Å². The maximum absolute atomic E-state index is 12.9.